The van der Waals surface area contributed by atoms with Gasteiger partial charge in [0.25, 0.3) is 0 Å². The van der Waals surface area contributed by atoms with Crippen LogP contribution in [-0.4, -0.2) is 62.0 Å². The van der Waals surface area contributed by atoms with E-state index in [0.29, 0.717) is 11.3 Å². The summed E-state index contributed by atoms with van der Waals surface area (Å²) in [6.07, 6.45) is -4.76. The fraction of sp³-hybridized carbons (Fsp3) is 0.409. The van der Waals surface area contributed by atoms with Crippen molar-refractivity contribution in [3.63, 3.8) is 0 Å². The van der Waals surface area contributed by atoms with Gasteiger partial charge in [-0.1, -0.05) is 30.3 Å². The van der Waals surface area contributed by atoms with Crippen molar-refractivity contribution in [3.8, 4) is 5.75 Å². The van der Waals surface area contributed by atoms with Crippen molar-refractivity contribution in [3.05, 3.63) is 59.7 Å². The number of hydrogen-bond acceptors (Lipinski definition) is 5. The maximum absolute atomic E-state index is 12.6. The van der Waals surface area contributed by atoms with Gasteiger partial charge in [0.15, 0.2) is 0 Å². The lowest BCUT2D eigenvalue weighted by Crippen LogP contribution is -2.35. The molecule has 1 heterocycles. The number of morpholine rings is 1. The van der Waals surface area contributed by atoms with Crippen LogP contribution >= 0.6 is 0 Å². The number of nitrogens with zero attached hydrogens (tertiary/aromatic N) is 2. The largest absolute Gasteiger partial charge is 0.573 e. The number of benzene rings is 2. The van der Waals surface area contributed by atoms with Gasteiger partial charge in [0.2, 0.25) is 5.91 Å². The Hall–Kier alpha value is -2.62. The molecule has 1 fully saturated rings. The van der Waals surface area contributed by atoms with Gasteiger partial charge in [-0.25, -0.2) is 0 Å². The summed E-state index contributed by atoms with van der Waals surface area (Å²) in [5.74, 6) is -0.518. The predicted octanol–water partition coefficient (Wildman–Crippen LogP) is 3.49. The summed E-state index contributed by atoms with van der Waals surface area (Å²) >= 11 is 0. The molecule has 0 aromatic heterocycles. The molecule has 31 heavy (non-hydrogen) atoms. The summed E-state index contributed by atoms with van der Waals surface area (Å²) < 4.78 is 47.1. The first-order chi connectivity index (χ1) is 14.8. The van der Waals surface area contributed by atoms with Crippen LogP contribution in [0.25, 0.3) is 0 Å². The molecule has 1 amide bonds. The minimum atomic E-state index is -4.76. The van der Waals surface area contributed by atoms with Crippen LogP contribution in [0.3, 0.4) is 0 Å². The van der Waals surface area contributed by atoms with E-state index in [-0.39, 0.29) is 24.7 Å². The lowest BCUT2D eigenvalue weighted by Gasteiger charge is -2.26. The lowest BCUT2D eigenvalue weighted by atomic mass is 10.2. The molecule has 0 unspecified atom stereocenters. The quantitative estimate of drug-likeness (QED) is 0.685. The maximum Gasteiger partial charge on any atom is 0.573 e. The lowest BCUT2D eigenvalue weighted by molar-refractivity contribution is -0.275. The fourth-order valence-electron chi connectivity index (χ4n) is 3.36. The SMILES string of the molecule is CN(CC(=O)Nc1ccc(CN2CCOCC2)cc1)Cc1ccccc1OC(F)(F)F. The zero-order valence-corrected chi connectivity index (χ0v) is 17.3. The molecule has 1 aliphatic heterocycles. The van der Waals surface area contributed by atoms with Gasteiger partial charge in [-0.2, -0.15) is 0 Å². The van der Waals surface area contributed by atoms with Crippen LogP contribution < -0.4 is 10.1 Å². The molecule has 0 aliphatic carbocycles. The van der Waals surface area contributed by atoms with Crippen LogP contribution in [0.1, 0.15) is 11.1 Å². The van der Waals surface area contributed by atoms with E-state index in [1.54, 1.807) is 24.1 Å². The minimum Gasteiger partial charge on any atom is -0.405 e. The number of ether oxygens (including phenoxy) is 2. The number of amides is 1. The Morgan fingerprint density at radius 3 is 2.48 bits per heavy atom. The van der Waals surface area contributed by atoms with Crippen molar-refractivity contribution in [1.82, 2.24) is 9.80 Å². The van der Waals surface area contributed by atoms with Gasteiger partial charge in [-0.05, 0) is 30.8 Å². The number of halogens is 3. The van der Waals surface area contributed by atoms with E-state index < -0.39 is 6.36 Å². The Labute approximate surface area is 179 Å². The number of alkyl halides is 3. The van der Waals surface area contributed by atoms with Gasteiger partial charge in [0, 0.05) is 37.4 Å². The average molecular weight is 437 g/mol. The number of anilines is 1. The van der Waals surface area contributed by atoms with Crippen molar-refractivity contribution in [2.45, 2.75) is 19.5 Å². The summed E-state index contributed by atoms with van der Waals surface area (Å²) in [4.78, 5) is 16.3. The summed E-state index contributed by atoms with van der Waals surface area (Å²) in [6.45, 7) is 4.29. The third-order valence-electron chi connectivity index (χ3n) is 4.80. The molecule has 6 nitrogen and oxygen atoms in total. The van der Waals surface area contributed by atoms with Gasteiger partial charge in [0.05, 0.1) is 19.8 Å². The summed E-state index contributed by atoms with van der Waals surface area (Å²) in [5.41, 5.74) is 2.17. The van der Waals surface area contributed by atoms with Gasteiger partial charge >= 0.3 is 6.36 Å². The first-order valence-corrected chi connectivity index (χ1v) is 9.99. The molecule has 9 heteroatoms. The molecule has 1 saturated heterocycles. The molecule has 2 aromatic rings. The highest BCUT2D eigenvalue weighted by Gasteiger charge is 2.32. The van der Waals surface area contributed by atoms with Crippen LogP contribution in [0.15, 0.2) is 48.5 Å². The highest BCUT2D eigenvalue weighted by molar-refractivity contribution is 5.92. The van der Waals surface area contributed by atoms with Gasteiger partial charge in [-0.3, -0.25) is 14.6 Å². The third-order valence-corrected chi connectivity index (χ3v) is 4.80. The first-order valence-electron chi connectivity index (χ1n) is 9.99. The van der Waals surface area contributed by atoms with Crippen molar-refractivity contribution in [2.24, 2.45) is 0 Å². The molecular formula is C22H26F3N3O3. The molecule has 0 atom stereocenters. The molecule has 2 aromatic carbocycles. The summed E-state index contributed by atoms with van der Waals surface area (Å²) in [7, 11) is 1.66. The van der Waals surface area contributed by atoms with E-state index in [2.05, 4.69) is 15.0 Å². The molecule has 1 aliphatic rings. The minimum absolute atomic E-state index is 0.0237. The monoisotopic (exact) mass is 437 g/mol. The summed E-state index contributed by atoms with van der Waals surface area (Å²) in [6, 6.07) is 13.5. The Bertz CT molecular complexity index is 853. The number of hydrogen-bond donors (Lipinski definition) is 1. The Morgan fingerprint density at radius 2 is 1.81 bits per heavy atom. The predicted molar refractivity (Wildman–Crippen MR) is 111 cm³/mol. The Balaban J connectivity index is 1.49. The van der Waals surface area contributed by atoms with Crippen LogP contribution in [0.2, 0.25) is 0 Å². The second-order valence-electron chi connectivity index (χ2n) is 7.46. The molecule has 0 radical (unpaired) electrons. The van der Waals surface area contributed by atoms with E-state index in [4.69, 9.17) is 4.74 Å². The second-order valence-corrected chi connectivity index (χ2v) is 7.46. The average Bonchev–Trinajstić information content (AvgIpc) is 2.70. The smallest absolute Gasteiger partial charge is 0.405 e. The van der Waals surface area contributed by atoms with Crippen LogP contribution in [0, 0.1) is 0 Å². The van der Waals surface area contributed by atoms with E-state index in [9.17, 15) is 18.0 Å². The van der Waals surface area contributed by atoms with Crippen molar-refractivity contribution in [2.75, 3.05) is 45.2 Å². The second kappa shape index (κ2) is 10.6. The van der Waals surface area contributed by atoms with E-state index in [0.717, 1.165) is 38.4 Å². The Kier molecular flexibility index (Phi) is 7.89. The van der Waals surface area contributed by atoms with Gasteiger partial charge in [0.1, 0.15) is 5.75 Å². The van der Waals surface area contributed by atoms with Crippen molar-refractivity contribution >= 4 is 11.6 Å². The number of carbonyl (C=O) groups is 1. The van der Waals surface area contributed by atoms with Crippen molar-refractivity contribution in [1.29, 1.82) is 0 Å². The first kappa shape index (κ1) is 23.1. The number of nitrogens with one attached hydrogen (secondary N) is 1. The fourth-order valence-corrected chi connectivity index (χ4v) is 3.36. The van der Waals surface area contributed by atoms with Gasteiger partial charge < -0.3 is 14.8 Å². The van der Waals surface area contributed by atoms with Crippen LogP contribution in [0.4, 0.5) is 18.9 Å². The zero-order valence-electron chi connectivity index (χ0n) is 17.3. The number of rotatable bonds is 8. The van der Waals surface area contributed by atoms with E-state index >= 15 is 0 Å². The molecule has 0 spiro atoms. The van der Waals surface area contributed by atoms with Crippen molar-refractivity contribution < 1.29 is 27.4 Å². The molecule has 1 N–H and O–H groups in total. The Morgan fingerprint density at radius 1 is 1.13 bits per heavy atom. The van der Waals surface area contributed by atoms with Gasteiger partial charge in [-0.15, -0.1) is 13.2 Å². The number of carbonyl (C=O) groups excluding carboxylic acids is 1. The molecular weight excluding hydrogens is 411 g/mol. The van der Waals surface area contributed by atoms with Crippen LogP contribution in [-0.2, 0) is 22.6 Å². The summed E-state index contributed by atoms with van der Waals surface area (Å²) in [5, 5.41) is 2.82. The van der Waals surface area contributed by atoms with E-state index in [1.165, 1.54) is 12.1 Å². The third kappa shape index (κ3) is 7.86. The standard InChI is InChI=1S/C22H26F3N3O3/c1-27(15-18-4-2-3-5-20(18)31-22(23,24)25)16-21(29)26-19-8-6-17(7-9-19)14-28-10-12-30-13-11-28/h2-9H,10-16H2,1H3,(H,26,29). The maximum atomic E-state index is 12.6. The normalized spacial score (nSPS) is 15.1. The van der Waals surface area contributed by atoms with Crippen LogP contribution in [0.5, 0.6) is 5.75 Å². The molecule has 168 valence electrons. The zero-order chi connectivity index (χ0) is 22.3. The molecule has 3 rings (SSSR count). The van der Waals surface area contributed by atoms with E-state index in [1.807, 2.05) is 24.3 Å². The highest BCUT2D eigenvalue weighted by Crippen LogP contribution is 2.27. The number of likely N-dealkylation sites (N-methyl/N-ethyl adjacent to an activating group) is 1. The molecule has 0 bridgehead atoms. The molecule has 0 saturated carbocycles. The number of para-hydroxylation sites is 1. The highest BCUT2D eigenvalue weighted by atomic mass is 19.4. The topological polar surface area (TPSA) is 54.0 Å².